The second-order valence-electron chi connectivity index (χ2n) is 4.01. The Morgan fingerprint density at radius 2 is 2.00 bits per heavy atom. The van der Waals surface area contributed by atoms with Crippen molar-refractivity contribution in [3.05, 3.63) is 28.2 Å². The molecule has 0 saturated carbocycles. The predicted octanol–water partition coefficient (Wildman–Crippen LogP) is 3.34. The summed E-state index contributed by atoms with van der Waals surface area (Å²) in [4.78, 5) is 11.2. The van der Waals surface area contributed by atoms with Crippen molar-refractivity contribution in [3.63, 3.8) is 0 Å². The van der Waals surface area contributed by atoms with Crippen LogP contribution >= 0.6 is 23.2 Å². The molecular weight excluding hydrogens is 291 g/mol. The van der Waals surface area contributed by atoms with Crippen molar-refractivity contribution in [2.24, 2.45) is 0 Å². The van der Waals surface area contributed by atoms with Crippen LogP contribution in [0.1, 0.15) is 13.8 Å². The van der Waals surface area contributed by atoms with Crippen LogP contribution in [-0.4, -0.2) is 31.9 Å². The highest BCUT2D eigenvalue weighted by molar-refractivity contribution is 6.35. The molecule has 0 fully saturated rings. The first kappa shape index (κ1) is 16.1. The van der Waals surface area contributed by atoms with Crippen molar-refractivity contribution in [2.45, 2.75) is 20.0 Å². The molecule has 19 heavy (non-hydrogen) atoms. The maximum absolute atomic E-state index is 11.2. The Morgan fingerprint density at radius 3 is 2.63 bits per heavy atom. The van der Waals surface area contributed by atoms with E-state index in [1.807, 2.05) is 0 Å². The number of hydrogen-bond acceptors (Lipinski definition) is 4. The van der Waals surface area contributed by atoms with Crippen molar-refractivity contribution < 1.29 is 19.0 Å². The van der Waals surface area contributed by atoms with E-state index >= 15 is 0 Å². The molecule has 1 rings (SSSR count). The lowest BCUT2D eigenvalue weighted by molar-refractivity contribution is -0.152. The second-order valence-corrected chi connectivity index (χ2v) is 4.86. The molecule has 0 aliphatic carbocycles. The highest BCUT2D eigenvalue weighted by Gasteiger charge is 2.06. The first-order chi connectivity index (χ1) is 8.99. The second kappa shape index (κ2) is 8.25. The van der Waals surface area contributed by atoms with Crippen molar-refractivity contribution in [1.29, 1.82) is 0 Å². The van der Waals surface area contributed by atoms with Crippen molar-refractivity contribution in [1.82, 2.24) is 0 Å². The van der Waals surface area contributed by atoms with Gasteiger partial charge in [-0.05, 0) is 32.0 Å². The number of benzene rings is 1. The van der Waals surface area contributed by atoms with Crippen LogP contribution in [0.2, 0.25) is 10.0 Å². The molecule has 0 unspecified atom stereocenters. The lowest BCUT2D eigenvalue weighted by Gasteiger charge is -2.10. The van der Waals surface area contributed by atoms with E-state index in [1.54, 1.807) is 32.0 Å². The number of esters is 1. The normalized spacial score (nSPS) is 10.6. The molecule has 106 valence electrons. The third kappa shape index (κ3) is 6.66. The summed E-state index contributed by atoms with van der Waals surface area (Å²) in [7, 11) is 0. The summed E-state index contributed by atoms with van der Waals surface area (Å²) in [6.45, 7) is 4.03. The average molecular weight is 307 g/mol. The number of hydrogen-bond donors (Lipinski definition) is 0. The van der Waals surface area contributed by atoms with Crippen LogP contribution in [0.15, 0.2) is 18.2 Å². The van der Waals surface area contributed by atoms with Gasteiger partial charge in [0, 0.05) is 5.02 Å². The molecule has 0 amide bonds. The van der Waals surface area contributed by atoms with Gasteiger partial charge in [-0.15, -0.1) is 0 Å². The predicted molar refractivity (Wildman–Crippen MR) is 74.0 cm³/mol. The molecule has 0 N–H and O–H groups in total. The Morgan fingerprint density at radius 1 is 1.26 bits per heavy atom. The summed E-state index contributed by atoms with van der Waals surface area (Å²) in [5.41, 5.74) is 0. The zero-order valence-electron chi connectivity index (χ0n) is 10.8. The lowest BCUT2D eigenvalue weighted by Crippen LogP contribution is -2.19. The monoisotopic (exact) mass is 306 g/mol. The first-order valence-electron chi connectivity index (χ1n) is 5.84. The molecule has 1 aromatic carbocycles. The standard InChI is InChI=1S/C13H16Cl2O4/c1-9(2)19-13(16)8-17-5-6-18-12-4-3-10(14)7-11(12)15/h3-4,7,9H,5-6,8H2,1-2H3. The van der Waals surface area contributed by atoms with E-state index < -0.39 is 0 Å². The van der Waals surface area contributed by atoms with E-state index in [-0.39, 0.29) is 31.9 Å². The van der Waals surface area contributed by atoms with Gasteiger partial charge in [0.25, 0.3) is 0 Å². The molecule has 0 bridgehead atoms. The molecule has 1 aromatic rings. The molecule has 0 saturated heterocycles. The quantitative estimate of drug-likeness (QED) is 0.572. The minimum absolute atomic E-state index is 0.0874. The summed E-state index contributed by atoms with van der Waals surface area (Å²) in [5.74, 6) is 0.138. The maximum atomic E-state index is 11.2. The van der Waals surface area contributed by atoms with Gasteiger partial charge < -0.3 is 14.2 Å². The first-order valence-corrected chi connectivity index (χ1v) is 6.59. The van der Waals surface area contributed by atoms with E-state index in [0.29, 0.717) is 15.8 Å². The molecule has 0 spiro atoms. The Kier molecular flexibility index (Phi) is 6.99. The fourth-order valence-electron chi connectivity index (χ4n) is 1.26. The molecule has 6 heteroatoms. The Labute approximate surface area is 122 Å². The number of ether oxygens (including phenoxy) is 3. The van der Waals surface area contributed by atoms with Crippen molar-refractivity contribution >= 4 is 29.2 Å². The van der Waals surface area contributed by atoms with E-state index in [9.17, 15) is 4.79 Å². The number of rotatable bonds is 7. The number of carbonyl (C=O) groups is 1. The van der Waals surface area contributed by atoms with Gasteiger partial charge in [0.1, 0.15) is 19.0 Å². The summed E-state index contributed by atoms with van der Waals surface area (Å²) in [6, 6.07) is 4.96. The van der Waals surface area contributed by atoms with Gasteiger partial charge in [-0.3, -0.25) is 0 Å². The molecule has 4 nitrogen and oxygen atoms in total. The van der Waals surface area contributed by atoms with Gasteiger partial charge >= 0.3 is 5.97 Å². The number of carbonyl (C=O) groups excluding carboxylic acids is 1. The zero-order valence-corrected chi connectivity index (χ0v) is 12.3. The minimum Gasteiger partial charge on any atom is -0.490 e. The summed E-state index contributed by atoms with van der Waals surface area (Å²) in [6.07, 6.45) is -0.139. The summed E-state index contributed by atoms with van der Waals surface area (Å²) >= 11 is 11.7. The lowest BCUT2D eigenvalue weighted by atomic mass is 10.3. The molecule has 0 radical (unpaired) electrons. The molecule has 0 aliphatic rings. The highest BCUT2D eigenvalue weighted by Crippen LogP contribution is 2.27. The average Bonchev–Trinajstić information content (AvgIpc) is 2.30. The van der Waals surface area contributed by atoms with Crippen LogP contribution in [0.25, 0.3) is 0 Å². The Hall–Kier alpha value is -0.970. The molecular formula is C13H16Cl2O4. The fourth-order valence-corrected chi connectivity index (χ4v) is 1.72. The van der Waals surface area contributed by atoms with Crippen LogP contribution in [0.3, 0.4) is 0 Å². The van der Waals surface area contributed by atoms with Gasteiger partial charge in [0.15, 0.2) is 0 Å². The third-order valence-corrected chi connectivity index (χ3v) is 2.50. The Balaban J connectivity index is 2.19. The van der Waals surface area contributed by atoms with E-state index in [4.69, 9.17) is 37.4 Å². The van der Waals surface area contributed by atoms with Crippen molar-refractivity contribution in [2.75, 3.05) is 19.8 Å². The Bertz CT molecular complexity index is 421. The van der Waals surface area contributed by atoms with Gasteiger partial charge in [-0.2, -0.15) is 0 Å². The highest BCUT2D eigenvalue weighted by atomic mass is 35.5. The van der Waals surface area contributed by atoms with Crippen LogP contribution in [0, 0.1) is 0 Å². The van der Waals surface area contributed by atoms with Gasteiger partial charge in [-0.25, -0.2) is 4.79 Å². The zero-order chi connectivity index (χ0) is 14.3. The van der Waals surface area contributed by atoms with E-state index in [1.165, 1.54) is 0 Å². The van der Waals surface area contributed by atoms with E-state index in [2.05, 4.69) is 0 Å². The van der Waals surface area contributed by atoms with Crippen molar-refractivity contribution in [3.8, 4) is 5.75 Å². The molecule has 0 atom stereocenters. The van der Waals surface area contributed by atoms with E-state index in [0.717, 1.165) is 0 Å². The van der Waals surface area contributed by atoms with Gasteiger partial charge in [0.05, 0.1) is 17.7 Å². The molecule has 0 heterocycles. The SMILES string of the molecule is CC(C)OC(=O)COCCOc1ccc(Cl)cc1Cl. The van der Waals surface area contributed by atoms with Crippen LogP contribution in [0.4, 0.5) is 0 Å². The fraction of sp³-hybridized carbons (Fsp3) is 0.462. The molecule has 0 aliphatic heterocycles. The minimum atomic E-state index is -0.389. The largest absolute Gasteiger partial charge is 0.490 e. The smallest absolute Gasteiger partial charge is 0.332 e. The molecule has 0 aromatic heterocycles. The van der Waals surface area contributed by atoms with Crippen LogP contribution in [-0.2, 0) is 14.3 Å². The summed E-state index contributed by atoms with van der Waals surface area (Å²) < 4.78 is 15.4. The van der Waals surface area contributed by atoms with Gasteiger partial charge in [-0.1, -0.05) is 23.2 Å². The maximum Gasteiger partial charge on any atom is 0.332 e. The topological polar surface area (TPSA) is 44.8 Å². The number of halogens is 2. The van der Waals surface area contributed by atoms with Crippen LogP contribution in [0.5, 0.6) is 5.75 Å². The summed E-state index contributed by atoms with van der Waals surface area (Å²) in [5, 5.41) is 0.983. The van der Waals surface area contributed by atoms with Gasteiger partial charge in [0.2, 0.25) is 0 Å². The third-order valence-electron chi connectivity index (χ3n) is 1.97. The van der Waals surface area contributed by atoms with Crippen LogP contribution < -0.4 is 4.74 Å².